The first-order valence-electron chi connectivity index (χ1n) is 11.4. The lowest BCUT2D eigenvalue weighted by Crippen LogP contribution is -2.40. The molecule has 1 saturated heterocycles. The number of benzene rings is 1. The van der Waals surface area contributed by atoms with E-state index in [9.17, 15) is 14.4 Å². The number of aromatic carboxylic acids is 1. The van der Waals surface area contributed by atoms with E-state index >= 15 is 0 Å². The fraction of sp³-hybridized carbons (Fsp3) is 0.500. The van der Waals surface area contributed by atoms with E-state index in [0.717, 1.165) is 30.7 Å². The molecule has 176 valence electrons. The number of nitrogens with one attached hydrogen (secondary N) is 1. The van der Waals surface area contributed by atoms with Crippen LogP contribution >= 0.6 is 0 Å². The van der Waals surface area contributed by atoms with Crippen molar-refractivity contribution < 1.29 is 29.0 Å². The number of aromatic nitrogens is 2. The third kappa shape index (κ3) is 4.93. The standard InChI is InChI=1S/C24H29N3O6/c1-2-18-20-19(14-24(15-25-21(20)28)7-11-32-12-8-24)27(26-18)9-4-10-33-23(31)17-6-3-5-16(13-17)22(29)30/h3,5-6,13H,2,4,7-12,14-15H2,1H3,(H,25,28)(H,29,30). The van der Waals surface area contributed by atoms with Crippen LogP contribution in [0.4, 0.5) is 0 Å². The first kappa shape index (κ1) is 23.0. The second-order valence-corrected chi connectivity index (χ2v) is 8.69. The van der Waals surface area contributed by atoms with Crippen LogP contribution in [0.25, 0.3) is 0 Å². The van der Waals surface area contributed by atoms with E-state index in [-0.39, 0.29) is 29.1 Å². The Morgan fingerprint density at radius 2 is 2.03 bits per heavy atom. The smallest absolute Gasteiger partial charge is 0.338 e. The number of amides is 1. The predicted octanol–water partition coefficient (Wildman–Crippen LogP) is 2.47. The van der Waals surface area contributed by atoms with Crippen LogP contribution in [0.15, 0.2) is 24.3 Å². The summed E-state index contributed by atoms with van der Waals surface area (Å²) in [5.41, 5.74) is 2.64. The molecule has 2 N–H and O–H groups in total. The van der Waals surface area contributed by atoms with Gasteiger partial charge >= 0.3 is 11.9 Å². The van der Waals surface area contributed by atoms with Crippen molar-refractivity contribution in [2.24, 2.45) is 5.41 Å². The van der Waals surface area contributed by atoms with E-state index in [1.54, 1.807) is 0 Å². The number of hydrogen-bond acceptors (Lipinski definition) is 6. The number of rotatable bonds is 7. The number of ether oxygens (including phenoxy) is 2. The molecule has 0 aliphatic carbocycles. The van der Waals surface area contributed by atoms with Gasteiger partial charge in [0.1, 0.15) is 0 Å². The number of carbonyl (C=O) groups is 3. The Morgan fingerprint density at radius 3 is 2.76 bits per heavy atom. The van der Waals surface area contributed by atoms with Crippen LogP contribution in [0.2, 0.25) is 0 Å². The molecule has 1 fully saturated rings. The minimum absolute atomic E-state index is 0.0242. The fourth-order valence-electron chi connectivity index (χ4n) is 4.60. The maximum absolute atomic E-state index is 12.9. The topological polar surface area (TPSA) is 120 Å². The highest BCUT2D eigenvalue weighted by atomic mass is 16.5. The van der Waals surface area contributed by atoms with Crippen molar-refractivity contribution in [1.82, 2.24) is 15.1 Å². The number of fused-ring (bicyclic) bond motifs is 1. The lowest BCUT2D eigenvalue weighted by atomic mass is 9.76. The van der Waals surface area contributed by atoms with Gasteiger partial charge in [-0.3, -0.25) is 9.48 Å². The summed E-state index contributed by atoms with van der Waals surface area (Å²) in [6.45, 7) is 4.70. The number of nitrogens with zero attached hydrogens (tertiary/aromatic N) is 2. The highest BCUT2D eigenvalue weighted by Gasteiger charge is 2.39. The van der Waals surface area contributed by atoms with Gasteiger partial charge in [-0.15, -0.1) is 0 Å². The summed E-state index contributed by atoms with van der Waals surface area (Å²) in [6, 6.07) is 5.77. The van der Waals surface area contributed by atoms with Crippen LogP contribution < -0.4 is 5.32 Å². The average molecular weight is 456 g/mol. The van der Waals surface area contributed by atoms with Gasteiger partial charge in [0, 0.05) is 32.7 Å². The zero-order chi connectivity index (χ0) is 23.4. The van der Waals surface area contributed by atoms with E-state index < -0.39 is 11.9 Å². The molecule has 2 aliphatic rings. The molecule has 1 aromatic carbocycles. The van der Waals surface area contributed by atoms with E-state index in [4.69, 9.17) is 19.7 Å². The van der Waals surface area contributed by atoms with Gasteiger partial charge < -0.3 is 19.9 Å². The summed E-state index contributed by atoms with van der Waals surface area (Å²) in [7, 11) is 0. The molecule has 0 atom stereocenters. The van der Waals surface area contributed by atoms with Crippen molar-refractivity contribution in [1.29, 1.82) is 0 Å². The minimum atomic E-state index is -1.10. The van der Waals surface area contributed by atoms with Crippen molar-refractivity contribution in [2.75, 3.05) is 26.4 Å². The summed E-state index contributed by atoms with van der Waals surface area (Å²) in [5.74, 6) is -1.73. The zero-order valence-corrected chi connectivity index (χ0v) is 18.8. The summed E-state index contributed by atoms with van der Waals surface area (Å²) >= 11 is 0. The zero-order valence-electron chi connectivity index (χ0n) is 18.8. The monoisotopic (exact) mass is 455 g/mol. The lowest BCUT2D eigenvalue weighted by molar-refractivity contribution is 0.0152. The highest BCUT2D eigenvalue weighted by Crippen LogP contribution is 2.37. The molecule has 0 radical (unpaired) electrons. The lowest BCUT2D eigenvalue weighted by Gasteiger charge is -2.36. The van der Waals surface area contributed by atoms with Crippen molar-refractivity contribution in [3.8, 4) is 0 Å². The Morgan fingerprint density at radius 1 is 1.27 bits per heavy atom. The SMILES string of the molecule is CCc1nn(CCCOC(=O)c2cccc(C(=O)O)c2)c2c1C(=O)NCC1(CCOCC1)C2. The van der Waals surface area contributed by atoms with Gasteiger partial charge in [0.25, 0.3) is 5.91 Å². The molecule has 1 aromatic heterocycles. The van der Waals surface area contributed by atoms with E-state index in [2.05, 4.69) is 5.32 Å². The Kier molecular flexibility index (Phi) is 6.78. The first-order chi connectivity index (χ1) is 15.9. The van der Waals surface area contributed by atoms with Crippen molar-refractivity contribution in [3.63, 3.8) is 0 Å². The molecule has 1 spiro atoms. The molecule has 2 aliphatic heterocycles. The van der Waals surface area contributed by atoms with Gasteiger partial charge in [0.2, 0.25) is 0 Å². The highest BCUT2D eigenvalue weighted by molar-refractivity contribution is 5.97. The van der Waals surface area contributed by atoms with Gasteiger partial charge in [0.05, 0.1) is 34.7 Å². The number of carbonyl (C=O) groups excluding carboxylic acids is 2. The molecule has 33 heavy (non-hydrogen) atoms. The van der Waals surface area contributed by atoms with Gasteiger partial charge in [-0.1, -0.05) is 13.0 Å². The third-order valence-electron chi connectivity index (χ3n) is 6.50. The number of hydrogen-bond donors (Lipinski definition) is 2. The van der Waals surface area contributed by atoms with E-state index in [1.807, 2.05) is 11.6 Å². The average Bonchev–Trinajstić information content (AvgIpc) is 3.10. The number of carboxylic acid groups (broad SMARTS) is 1. The molecule has 0 bridgehead atoms. The van der Waals surface area contributed by atoms with Gasteiger partial charge in [-0.25, -0.2) is 9.59 Å². The van der Waals surface area contributed by atoms with Crippen LogP contribution in [0.3, 0.4) is 0 Å². The summed E-state index contributed by atoms with van der Waals surface area (Å²) in [5, 5.41) is 16.9. The minimum Gasteiger partial charge on any atom is -0.478 e. The summed E-state index contributed by atoms with van der Waals surface area (Å²) in [6.07, 6.45) is 3.74. The molecule has 0 unspecified atom stereocenters. The van der Waals surface area contributed by atoms with Crippen molar-refractivity contribution in [3.05, 3.63) is 52.3 Å². The Bertz CT molecular complexity index is 1050. The quantitative estimate of drug-likeness (QED) is 0.486. The maximum atomic E-state index is 12.9. The van der Waals surface area contributed by atoms with Gasteiger partial charge in [0.15, 0.2) is 0 Å². The Hall–Kier alpha value is -3.20. The van der Waals surface area contributed by atoms with Crippen LogP contribution in [0.5, 0.6) is 0 Å². The molecule has 1 amide bonds. The molecule has 3 heterocycles. The van der Waals surface area contributed by atoms with Gasteiger partial charge in [-0.05, 0) is 49.3 Å². The largest absolute Gasteiger partial charge is 0.478 e. The molecule has 9 nitrogen and oxygen atoms in total. The second kappa shape index (κ2) is 9.74. The second-order valence-electron chi connectivity index (χ2n) is 8.69. The number of carboxylic acids is 1. The molecule has 0 saturated carbocycles. The fourth-order valence-corrected chi connectivity index (χ4v) is 4.60. The van der Waals surface area contributed by atoms with Crippen LogP contribution in [-0.4, -0.2) is 59.1 Å². The Labute approximate surface area is 192 Å². The number of esters is 1. The summed E-state index contributed by atoms with van der Waals surface area (Å²) < 4.78 is 12.8. The molecule has 2 aromatic rings. The third-order valence-corrected chi connectivity index (χ3v) is 6.50. The molecular formula is C24H29N3O6. The van der Waals surface area contributed by atoms with Crippen molar-refractivity contribution >= 4 is 17.8 Å². The van der Waals surface area contributed by atoms with Crippen LogP contribution in [-0.2, 0) is 28.9 Å². The van der Waals surface area contributed by atoms with Crippen LogP contribution in [0, 0.1) is 5.41 Å². The van der Waals surface area contributed by atoms with Crippen molar-refractivity contribution in [2.45, 2.75) is 45.6 Å². The normalized spacial score (nSPS) is 17.2. The predicted molar refractivity (Wildman–Crippen MR) is 118 cm³/mol. The molecular weight excluding hydrogens is 426 g/mol. The molecule has 4 rings (SSSR count). The van der Waals surface area contributed by atoms with Gasteiger partial charge in [-0.2, -0.15) is 5.10 Å². The van der Waals surface area contributed by atoms with E-state index in [0.29, 0.717) is 44.7 Å². The summed E-state index contributed by atoms with van der Waals surface area (Å²) in [4.78, 5) is 36.3. The van der Waals surface area contributed by atoms with Crippen LogP contribution in [0.1, 0.15) is 68.6 Å². The maximum Gasteiger partial charge on any atom is 0.338 e. The number of aryl methyl sites for hydroxylation is 2. The van der Waals surface area contributed by atoms with E-state index in [1.165, 1.54) is 24.3 Å². The first-order valence-corrected chi connectivity index (χ1v) is 11.4. The Balaban J connectivity index is 1.44. The molecule has 9 heteroatoms.